The van der Waals surface area contributed by atoms with Crippen molar-refractivity contribution in [1.29, 1.82) is 0 Å². The first-order valence-electron chi connectivity index (χ1n) is 7.58. The van der Waals surface area contributed by atoms with E-state index in [9.17, 15) is 4.79 Å². The van der Waals surface area contributed by atoms with Gasteiger partial charge in [0.15, 0.2) is 0 Å². The van der Waals surface area contributed by atoms with Crippen molar-refractivity contribution < 1.29 is 0 Å². The van der Waals surface area contributed by atoms with Crippen LogP contribution < -0.4 is 5.56 Å². The van der Waals surface area contributed by atoms with Gasteiger partial charge in [-0.25, -0.2) is 4.68 Å². The molecule has 0 amide bonds. The molecule has 25 heavy (non-hydrogen) atoms. The lowest BCUT2D eigenvalue weighted by Gasteiger charge is -2.00. The average molecular weight is 369 g/mol. The zero-order valence-electron chi connectivity index (χ0n) is 13.1. The van der Waals surface area contributed by atoms with E-state index in [1.807, 2.05) is 48.5 Å². The maximum Gasteiger partial charge on any atom is 0.291 e. The molecule has 0 saturated heterocycles. The molecule has 0 bridgehead atoms. The summed E-state index contributed by atoms with van der Waals surface area (Å²) in [7, 11) is 0. The van der Waals surface area contributed by atoms with Gasteiger partial charge in [-0.05, 0) is 22.8 Å². The highest BCUT2D eigenvalue weighted by atomic mass is 35.5. The topological polar surface area (TPSA) is 34.9 Å². The van der Waals surface area contributed by atoms with E-state index >= 15 is 0 Å². The molecule has 1 aromatic heterocycles. The van der Waals surface area contributed by atoms with E-state index in [0.29, 0.717) is 0 Å². The largest absolute Gasteiger partial charge is 0.291 e. The quantitative estimate of drug-likeness (QED) is 0.581. The summed E-state index contributed by atoms with van der Waals surface area (Å²) in [5.74, 6) is 0. The number of hydrogen-bond acceptors (Lipinski definition) is 2. The van der Waals surface area contributed by atoms with Gasteiger partial charge < -0.3 is 0 Å². The highest BCUT2D eigenvalue weighted by Crippen LogP contribution is 2.15. The molecule has 0 unspecified atom stereocenters. The van der Waals surface area contributed by atoms with E-state index in [2.05, 4.69) is 23.3 Å². The molecule has 0 saturated carbocycles. The first-order valence-corrected chi connectivity index (χ1v) is 8.33. The van der Waals surface area contributed by atoms with Gasteiger partial charge in [-0.1, -0.05) is 90.0 Å². The zero-order chi connectivity index (χ0) is 17.6. The minimum Gasteiger partial charge on any atom is -0.266 e. The first kappa shape index (κ1) is 17.2. The van der Waals surface area contributed by atoms with E-state index < -0.39 is 5.56 Å². The van der Waals surface area contributed by atoms with Crippen molar-refractivity contribution in [2.24, 2.45) is 0 Å². The molecule has 5 heteroatoms. The Morgan fingerprint density at radius 3 is 2.00 bits per heavy atom. The van der Waals surface area contributed by atoms with E-state index in [0.717, 1.165) is 21.4 Å². The molecular weight excluding hydrogens is 355 g/mol. The summed E-state index contributed by atoms with van der Waals surface area (Å²) in [6.07, 6.45) is 8.79. The van der Waals surface area contributed by atoms with Crippen LogP contribution in [0, 0.1) is 0 Å². The van der Waals surface area contributed by atoms with E-state index in [-0.39, 0.29) is 10.0 Å². The molecule has 3 nitrogen and oxygen atoms in total. The molecule has 0 atom stereocenters. The van der Waals surface area contributed by atoms with Crippen LogP contribution >= 0.6 is 23.2 Å². The third-order valence-electron chi connectivity index (χ3n) is 3.51. The van der Waals surface area contributed by atoms with Gasteiger partial charge in [0, 0.05) is 6.20 Å². The highest BCUT2D eigenvalue weighted by Gasteiger charge is 2.04. The Bertz CT molecular complexity index is 975. The second-order valence-electron chi connectivity index (χ2n) is 5.28. The molecule has 2 aromatic carbocycles. The molecule has 0 spiro atoms. The van der Waals surface area contributed by atoms with Crippen LogP contribution in [0.25, 0.3) is 24.4 Å². The van der Waals surface area contributed by atoms with Crippen molar-refractivity contribution in [3.63, 3.8) is 0 Å². The van der Waals surface area contributed by atoms with Crippen LogP contribution in [-0.2, 0) is 0 Å². The molecule has 3 aromatic rings. The number of benzene rings is 2. The number of nitrogens with zero attached hydrogens (tertiary/aromatic N) is 2. The van der Waals surface area contributed by atoms with Crippen LogP contribution in [-0.4, -0.2) is 9.78 Å². The third kappa shape index (κ3) is 4.47. The lowest BCUT2D eigenvalue weighted by Crippen LogP contribution is -2.18. The van der Waals surface area contributed by atoms with Crippen LogP contribution in [0.2, 0.25) is 10.0 Å². The lowest BCUT2D eigenvalue weighted by molar-refractivity contribution is 0.855. The van der Waals surface area contributed by atoms with Gasteiger partial charge in [-0.2, -0.15) is 5.10 Å². The second kappa shape index (κ2) is 7.97. The smallest absolute Gasteiger partial charge is 0.266 e. The van der Waals surface area contributed by atoms with Gasteiger partial charge in [0.05, 0.1) is 11.2 Å². The number of rotatable bonds is 4. The predicted octanol–water partition coefficient (Wildman–Crippen LogP) is 5.35. The number of halogens is 2. The minimum atomic E-state index is -0.451. The summed E-state index contributed by atoms with van der Waals surface area (Å²) in [6.45, 7) is 0. The standard InChI is InChI=1S/C20H14Cl2N2O/c21-18-14-23-24(20(25)19(18)22)13-12-17-10-8-16(9-11-17)7-6-15-4-2-1-3-5-15/h1-14H/b7-6-,13-12+. The molecule has 0 N–H and O–H groups in total. The predicted molar refractivity (Wildman–Crippen MR) is 106 cm³/mol. The molecule has 124 valence electrons. The molecular formula is C20H14Cl2N2O. The fourth-order valence-corrected chi connectivity index (χ4v) is 2.42. The zero-order valence-corrected chi connectivity index (χ0v) is 14.7. The van der Waals surface area contributed by atoms with Crippen LogP contribution in [0.5, 0.6) is 0 Å². The van der Waals surface area contributed by atoms with Crippen molar-refractivity contribution in [2.75, 3.05) is 0 Å². The van der Waals surface area contributed by atoms with Crippen molar-refractivity contribution >= 4 is 47.6 Å². The molecule has 0 aliphatic heterocycles. The van der Waals surface area contributed by atoms with Crippen molar-refractivity contribution in [2.45, 2.75) is 0 Å². The fraction of sp³-hybridized carbons (Fsp3) is 0. The lowest BCUT2D eigenvalue weighted by atomic mass is 10.1. The van der Waals surface area contributed by atoms with Crippen LogP contribution in [0.15, 0.2) is 65.6 Å². The summed E-state index contributed by atoms with van der Waals surface area (Å²) < 4.78 is 1.15. The summed E-state index contributed by atoms with van der Waals surface area (Å²) in [6, 6.07) is 18.0. The van der Waals surface area contributed by atoms with Gasteiger partial charge in [0.1, 0.15) is 5.02 Å². The van der Waals surface area contributed by atoms with Crippen LogP contribution in [0.4, 0.5) is 0 Å². The highest BCUT2D eigenvalue weighted by molar-refractivity contribution is 6.41. The van der Waals surface area contributed by atoms with Gasteiger partial charge in [-0.3, -0.25) is 4.79 Å². The fourth-order valence-electron chi connectivity index (χ4n) is 2.16. The summed E-state index contributed by atoms with van der Waals surface area (Å²) in [5, 5.41) is 4.03. The van der Waals surface area contributed by atoms with Gasteiger partial charge in [-0.15, -0.1) is 0 Å². The molecule has 3 rings (SSSR count). The Morgan fingerprint density at radius 1 is 0.800 bits per heavy atom. The summed E-state index contributed by atoms with van der Waals surface area (Å²) >= 11 is 11.6. The SMILES string of the molecule is O=c1c(Cl)c(Cl)cnn1/C=C/c1ccc(/C=C\c2ccccc2)cc1. The Labute approximate surface area is 155 Å². The Kier molecular flexibility index (Phi) is 5.49. The Hall–Kier alpha value is -2.62. The van der Waals surface area contributed by atoms with Crippen molar-refractivity contribution in [1.82, 2.24) is 9.78 Å². The Morgan fingerprint density at radius 2 is 1.36 bits per heavy atom. The number of hydrogen-bond donors (Lipinski definition) is 0. The average Bonchev–Trinajstić information content (AvgIpc) is 2.66. The summed E-state index contributed by atoms with van der Waals surface area (Å²) in [4.78, 5) is 11.9. The maximum absolute atomic E-state index is 11.9. The maximum atomic E-state index is 11.9. The molecule has 0 aliphatic carbocycles. The summed E-state index contributed by atoms with van der Waals surface area (Å²) in [5.41, 5.74) is 2.73. The van der Waals surface area contributed by atoms with Crippen LogP contribution in [0.1, 0.15) is 16.7 Å². The van der Waals surface area contributed by atoms with Gasteiger partial charge in [0.2, 0.25) is 0 Å². The van der Waals surface area contributed by atoms with E-state index in [4.69, 9.17) is 23.2 Å². The normalized spacial score (nSPS) is 11.4. The van der Waals surface area contributed by atoms with Gasteiger partial charge >= 0.3 is 0 Å². The first-order chi connectivity index (χ1) is 12.1. The van der Waals surface area contributed by atoms with Crippen LogP contribution in [0.3, 0.4) is 0 Å². The van der Waals surface area contributed by atoms with E-state index in [1.54, 1.807) is 12.3 Å². The minimum absolute atomic E-state index is 0.0392. The van der Waals surface area contributed by atoms with E-state index in [1.165, 1.54) is 6.20 Å². The monoisotopic (exact) mass is 368 g/mol. The Balaban J connectivity index is 1.74. The molecule has 0 fully saturated rings. The van der Waals surface area contributed by atoms with Gasteiger partial charge in [0.25, 0.3) is 5.56 Å². The third-order valence-corrected chi connectivity index (χ3v) is 4.26. The van der Waals surface area contributed by atoms with Crippen molar-refractivity contribution in [3.05, 3.63) is 97.9 Å². The van der Waals surface area contributed by atoms with Crippen molar-refractivity contribution in [3.8, 4) is 0 Å². The molecule has 0 radical (unpaired) electrons. The second-order valence-corrected chi connectivity index (χ2v) is 6.07. The molecule has 0 aliphatic rings. The number of aromatic nitrogens is 2. The molecule has 1 heterocycles.